The zero-order chi connectivity index (χ0) is 21.6. The molecule has 1 N–H and O–H groups in total. The van der Waals surface area contributed by atoms with Crippen molar-refractivity contribution >= 4 is 51.1 Å². The first kappa shape index (κ1) is 21.8. The molecule has 0 aliphatic heterocycles. The molecule has 160 valence electrons. The highest BCUT2D eigenvalue weighted by atomic mass is 35.5. The highest BCUT2D eigenvalue weighted by molar-refractivity contribution is 7.98. The van der Waals surface area contributed by atoms with Crippen LogP contribution < -0.4 is 5.56 Å². The van der Waals surface area contributed by atoms with E-state index in [2.05, 4.69) is 15.1 Å². The number of methoxy groups -OCH3 is 1. The van der Waals surface area contributed by atoms with Gasteiger partial charge in [-0.05, 0) is 42.8 Å². The van der Waals surface area contributed by atoms with E-state index in [0.29, 0.717) is 34.6 Å². The maximum absolute atomic E-state index is 13.2. The lowest BCUT2D eigenvalue weighted by atomic mass is 10.3. The third kappa shape index (κ3) is 5.27. The topological polar surface area (TPSA) is 72.3 Å². The summed E-state index contributed by atoms with van der Waals surface area (Å²) < 4.78 is 7.61. The fourth-order valence-electron chi connectivity index (χ4n) is 2.97. The van der Waals surface area contributed by atoms with Gasteiger partial charge in [0.25, 0.3) is 5.56 Å². The third-order valence-corrected chi connectivity index (χ3v) is 6.84. The lowest BCUT2D eigenvalue weighted by Gasteiger charge is -2.01. The number of para-hydroxylation sites is 1. The minimum absolute atomic E-state index is 0.152. The Hall–Kier alpha value is -2.39. The van der Waals surface area contributed by atoms with Crippen molar-refractivity contribution < 1.29 is 4.74 Å². The monoisotopic (exact) mass is 472 g/mol. The lowest BCUT2D eigenvalue weighted by Crippen LogP contribution is -2.17. The predicted octanol–water partition coefficient (Wildman–Crippen LogP) is 5.18. The predicted molar refractivity (Wildman–Crippen MR) is 130 cm³/mol. The molecule has 4 aromatic rings. The second-order valence-electron chi connectivity index (χ2n) is 6.73. The molecule has 0 aliphatic rings. The Labute approximate surface area is 192 Å². The summed E-state index contributed by atoms with van der Waals surface area (Å²) in [5, 5.41) is 4.56. The number of aromatic amines is 1. The van der Waals surface area contributed by atoms with E-state index in [0.717, 1.165) is 27.2 Å². The van der Waals surface area contributed by atoms with Crippen LogP contribution in [0.2, 0.25) is 5.02 Å². The number of nitrogens with one attached hydrogen (secondary N) is 1. The Balaban J connectivity index is 1.64. The minimum atomic E-state index is -0.152. The van der Waals surface area contributed by atoms with E-state index in [1.165, 1.54) is 16.0 Å². The van der Waals surface area contributed by atoms with Gasteiger partial charge in [0.1, 0.15) is 0 Å². The summed E-state index contributed by atoms with van der Waals surface area (Å²) in [4.78, 5) is 23.3. The Bertz CT molecular complexity index is 1210. The molecule has 2 heterocycles. The van der Waals surface area contributed by atoms with Gasteiger partial charge in [-0.3, -0.25) is 14.9 Å². The second kappa shape index (κ2) is 10.3. The number of benzene rings is 2. The quantitative estimate of drug-likeness (QED) is 0.207. The number of hydrogen-bond acceptors (Lipinski definition) is 6. The van der Waals surface area contributed by atoms with Gasteiger partial charge in [-0.1, -0.05) is 35.1 Å². The molecule has 0 aliphatic carbocycles. The highest BCUT2D eigenvalue weighted by Crippen LogP contribution is 2.26. The number of thiazole rings is 1. The van der Waals surface area contributed by atoms with Gasteiger partial charge < -0.3 is 4.74 Å². The number of halogens is 1. The Morgan fingerprint density at radius 1 is 1.26 bits per heavy atom. The maximum Gasteiger partial charge on any atom is 0.282 e. The summed E-state index contributed by atoms with van der Waals surface area (Å²) in [7, 11) is 1.67. The van der Waals surface area contributed by atoms with Crippen molar-refractivity contribution in [3.63, 3.8) is 0 Å². The van der Waals surface area contributed by atoms with Gasteiger partial charge >= 0.3 is 0 Å². The van der Waals surface area contributed by atoms with Crippen LogP contribution in [0, 0.1) is 0 Å². The van der Waals surface area contributed by atoms with Crippen LogP contribution in [0.15, 0.2) is 63.2 Å². The van der Waals surface area contributed by atoms with Gasteiger partial charge in [-0.2, -0.15) is 4.68 Å². The van der Waals surface area contributed by atoms with Crippen molar-refractivity contribution in [1.82, 2.24) is 14.8 Å². The Morgan fingerprint density at radius 2 is 2.06 bits per heavy atom. The van der Waals surface area contributed by atoms with Crippen molar-refractivity contribution in [2.75, 3.05) is 20.3 Å². The molecule has 0 unspecified atom stereocenters. The minimum Gasteiger partial charge on any atom is -0.385 e. The average molecular weight is 473 g/mol. The fraction of sp³-hybridized carbons (Fsp3) is 0.227. The number of rotatable bonds is 9. The van der Waals surface area contributed by atoms with Gasteiger partial charge in [-0.25, -0.2) is 4.98 Å². The molecule has 6 nitrogen and oxygen atoms in total. The molecule has 0 saturated carbocycles. The molecule has 0 amide bonds. The summed E-state index contributed by atoms with van der Waals surface area (Å²) in [5.41, 5.74) is 2.08. The van der Waals surface area contributed by atoms with E-state index >= 15 is 0 Å². The number of nitrogens with zero attached hydrogens (tertiary/aromatic N) is 3. The standard InChI is InChI=1S/C22H21ClN4O2S2/c1-29-12-4-11-24-13-17-19(14-30-16-9-7-15(23)8-10-16)26-27(21(17)28)22-25-18-5-2-3-6-20(18)31-22/h2-3,5-10,13,26H,4,11-12,14H2,1H3. The molecular formula is C22H21ClN4O2S2. The van der Waals surface area contributed by atoms with Gasteiger partial charge in [0.2, 0.25) is 5.13 Å². The number of H-pyrrole nitrogens is 1. The van der Waals surface area contributed by atoms with Crippen LogP contribution in [-0.2, 0) is 10.5 Å². The molecule has 2 aromatic heterocycles. The number of fused-ring (bicyclic) bond motifs is 1. The van der Waals surface area contributed by atoms with Gasteiger partial charge in [0, 0.05) is 42.1 Å². The zero-order valence-electron chi connectivity index (χ0n) is 16.9. The number of aromatic nitrogens is 3. The molecule has 9 heteroatoms. The largest absolute Gasteiger partial charge is 0.385 e. The summed E-state index contributed by atoms with van der Waals surface area (Å²) in [6.07, 6.45) is 2.47. The maximum atomic E-state index is 13.2. The summed E-state index contributed by atoms with van der Waals surface area (Å²) >= 11 is 9.08. The van der Waals surface area contributed by atoms with Crippen LogP contribution in [0.3, 0.4) is 0 Å². The van der Waals surface area contributed by atoms with Crippen molar-refractivity contribution in [2.24, 2.45) is 4.99 Å². The first-order valence-electron chi connectivity index (χ1n) is 9.72. The van der Waals surface area contributed by atoms with Crippen LogP contribution >= 0.6 is 34.7 Å². The van der Waals surface area contributed by atoms with E-state index in [-0.39, 0.29) is 5.56 Å². The molecule has 0 spiro atoms. The van der Waals surface area contributed by atoms with Crippen LogP contribution in [0.5, 0.6) is 0 Å². The van der Waals surface area contributed by atoms with E-state index in [9.17, 15) is 4.79 Å². The first-order valence-corrected chi connectivity index (χ1v) is 11.9. The number of aliphatic imine (C=N–C) groups is 1. The van der Waals surface area contributed by atoms with Gasteiger partial charge in [0.05, 0.1) is 21.5 Å². The number of ether oxygens (including phenoxy) is 1. The molecule has 2 aromatic carbocycles. The molecule has 0 atom stereocenters. The fourth-order valence-corrected chi connectivity index (χ4v) is 4.88. The Morgan fingerprint density at radius 3 is 2.84 bits per heavy atom. The van der Waals surface area contributed by atoms with Gasteiger partial charge in [-0.15, -0.1) is 11.8 Å². The van der Waals surface area contributed by atoms with E-state index in [4.69, 9.17) is 16.3 Å². The summed E-state index contributed by atoms with van der Waals surface area (Å²) in [6.45, 7) is 1.24. The smallest absolute Gasteiger partial charge is 0.282 e. The van der Waals surface area contributed by atoms with E-state index in [1.807, 2.05) is 48.5 Å². The molecule has 4 rings (SSSR count). The van der Waals surface area contributed by atoms with Crippen LogP contribution in [0.4, 0.5) is 0 Å². The first-order chi connectivity index (χ1) is 15.2. The normalized spacial score (nSPS) is 11.7. The van der Waals surface area contributed by atoms with Crippen molar-refractivity contribution in [3.05, 3.63) is 75.2 Å². The SMILES string of the molecule is COCCCN=Cc1c(CSc2ccc(Cl)cc2)[nH]n(-c2nc3ccccc3s2)c1=O. The molecular weight excluding hydrogens is 452 g/mol. The van der Waals surface area contributed by atoms with E-state index in [1.54, 1.807) is 25.1 Å². The van der Waals surface area contributed by atoms with E-state index < -0.39 is 0 Å². The molecule has 0 saturated heterocycles. The molecule has 0 bridgehead atoms. The number of hydrogen-bond donors (Lipinski definition) is 1. The molecule has 0 radical (unpaired) electrons. The van der Waals surface area contributed by atoms with Crippen molar-refractivity contribution in [2.45, 2.75) is 17.1 Å². The number of thioether (sulfide) groups is 1. The lowest BCUT2D eigenvalue weighted by molar-refractivity contribution is 0.197. The average Bonchev–Trinajstić information content (AvgIpc) is 3.34. The second-order valence-corrected chi connectivity index (χ2v) is 9.23. The van der Waals surface area contributed by atoms with Crippen molar-refractivity contribution in [1.29, 1.82) is 0 Å². The van der Waals surface area contributed by atoms with Crippen LogP contribution in [-0.4, -0.2) is 41.2 Å². The van der Waals surface area contributed by atoms with Crippen molar-refractivity contribution in [3.8, 4) is 5.13 Å². The summed E-state index contributed by atoms with van der Waals surface area (Å²) in [6, 6.07) is 15.5. The Kier molecular flexibility index (Phi) is 7.24. The summed E-state index contributed by atoms with van der Waals surface area (Å²) in [5.74, 6) is 0.591. The van der Waals surface area contributed by atoms with Gasteiger partial charge in [0.15, 0.2) is 0 Å². The third-order valence-electron chi connectivity index (χ3n) is 4.53. The molecule has 0 fully saturated rings. The zero-order valence-corrected chi connectivity index (χ0v) is 19.3. The van der Waals surface area contributed by atoms with Crippen LogP contribution in [0.25, 0.3) is 15.3 Å². The molecule has 31 heavy (non-hydrogen) atoms. The highest BCUT2D eigenvalue weighted by Gasteiger charge is 2.17. The van der Waals surface area contributed by atoms with Crippen LogP contribution in [0.1, 0.15) is 17.7 Å².